The Kier molecular flexibility index (Phi) is 8.75. The molecule has 2 aromatic carbocycles. The van der Waals surface area contributed by atoms with Crippen LogP contribution in [0.2, 0.25) is 0 Å². The van der Waals surface area contributed by atoms with E-state index in [4.69, 9.17) is 0 Å². The number of hydrogen-bond acceptors (Lipinski definition) is 4. The minimum Gasteiger partial charge on any atom is -0.325 e. The van der Waals surface area contributed by atoms with Crippen molar-refractivity contribution in [2.24, 2.45) is 0 Å². The fourth-order valence-corrected chi connectivity index (χ4v) is 3.27. The number of amides is 4. The first kappa shape index (κ1) is 24.1. The molecular weight excluding hydrogens is 392 g/mol. The molecule has 0 aliphatic heterocycles. The van der Waals surface area contributed by atoms with Crippen molar-refractivity contribution < 1.29 is 14.4 Å². The quantitative estimate of drug-likeness (QED) is 0.597. The number of rotatable bonds is 8. The predicted octanol–water partition coefficient (Wildman–Crippen LogP) is 4.00. The largest absolute Gasteiger partial charge is 0.325 e. The van der Waals surface area contributed by atoms with Gasteiger partial charge in [-0.15, -0.1) is 0 Å². The summed E-state index contributed by atoms with van der Waals surface area (Å²) in [7, 11) is 0. The van der Waals surface area contributed by atoms with Crippen LogP contribution in [0.3, 0.4) is 0 Å². The second-order valence-corrected chi connectivity index (χ2v) is 7.77. The molecule has 2 aromatic rings. The molecule has 1 unspecified atom stereocenters. The Balaban J connectivity index is 1.96. The molecule has 0 aliphatic carbocycles. The second-order valence-electron chi connectivity index (χ2n) is 7.77. The molecule has 0 aromatic heterocycles. The van der Waals surface area contributed by atoms with Crippen LogP contribution in [0.1, 0.15) is 37.0 Å². The molecule has 7 heteroatoms. The van der Waals surface area contributed by atoms with Crippen LogP contribution >= 0.6 is 0 Å². The van der Waals surface area contributed by atoms with E-state index < -0.39 is 18.0 Å². The summed E-state index contributed by atoms with van der Waals surface area (Å²) < 4.78 is 0. The molecule has 0 spiro atoms. The van der Waals surface area contributed by atoms with Crippen molar-refractivity contribution in [1.82, 2.24) is 10.2 Å². The minimum atomic E-state index is -0.646. The molecule has 0 heterocycles. The molecule has 7 nitrogen and oxygen atoms in total. The Hall–Kier alpha value is -3.19. The number of urea groups is 1. The van der Waals surface area contributed by atoms with Crippen LogP contribution in [0, 0.1) is 20.8 Å². The first-order chi connectivity index (χ1) is 14.7. The van der Waals surface area contributed by atoms with E-state index in [1.807, 2.05) is 64.1 Å². The number of nitrogens with zero attached hydrogens (tertiary/aromatic N) is 1. The van der Waals surface area contributed by atoms with Gasteiger partial charge in [-0.1, -0.05) is 42.8 Å². The second kappa shape index (κ2) is 11.3. The van der Waals surface area contributed by atoms with Crippen LogP contribution in [0.15, 0.2) is 42.5 Å². The van der Waals surface area contributed by atoms with Gasteiger partial charge in [-0.2, -0.15) is 0 Å². The van der Waals surface area contributed by atoms with Gasteiger partial charge >= 0.3 is 6.03 Å². The maximum Gasteiger partial charge on any atom is 0.325 e. The highest BCUT2D eigenvalue weighted by molar-refractivity contribution is 6.03. The predicted molar refractivity (Wildman–Crippen MR) is 124 cm³/mol. The van der Waals surface area contributed by atoms with Crippen molar-refractivity contribution in [3.05, 3.63) is 59.2 Å². The maximum absolute atomic E-state index is 12.6. The van der Waals surface area contributed by atoms with E-state index in [2.05, 4.69) is 16.0 Å². The van der Waals surface area contributed by atoms with E-state index >= 15 is 0 Å². The summed E-state index contributed by atoms with van der Waals surface area (Å²) in [6.45, 7) is 10.1. The Labute approximate surface area is 184 Å². The molecule has 166 valence electrons. The summed E-state index contributed by atoms with van der Waals surface area (Å²) in [4.78, 5) is 39.3. The van der Waals surface area contributed by atoms with E-state index in [1.165, 1.54) is 0 Å². The lowest BCUT2D eigenvalue weighted by Gasteiger charge is -2.27. The SMILES string of the molecule is CCCN(CC(=O)Nc1ccccc1C)C(C)C(=O)NC(=O)Nc1ccc(C)cc1C. The summed E-state index contributed by atoms with van der Waals surface area (Å²) in [5, 5.41) is 7.97. The number of carbonyl (C=O) groups is 3. The third-order valence-electron chi connectivity index (χ3n) is 5.07. The summed E-state index contributed by atoms with van der Waals surface area (Å²) in [6.07, 6.45) is 0.768. The smallest absolute Gasteiger partial charge is 0.325 e. The van der Waals surface area contributed by atoms with Crippen molar-refractivity contribution in [2.75, 3.05) is 23.7 Å². The normalized spacial score (nSPS) is 11.7. The van der Waals surface area contributed by atoms with E-state index in [-0.39, 0.29) is 12.5 Å². The number of para-hydroxylation sites is 1. The number of aryl methyl sites for hydroxylation is 3. The van der Waals surface area contributed by atoms with E-state index in [1.54, 1.807) is 17.9 Å². The van der Waals surface area contributed by atoms with Crippen LogP contribution < -0.4 is 16.0 Å². The maximum atomic E-state index is 12.6. The van der Waals surface area contributed by atoms with Gasteiger partial charge in [-0.25, -0.2) is 4.79 Å². The molecule has 0 fully saturated rings. The van der Waals surface area contributed by atoms with Crippen LogP contribution in [0.4, 0.5) is 16.2 Å². The van der Waals surface area contributed by atoms with Gasteiger partial charge in [-0.3, -0.25) is 19.8 Å². The fourth-order valence-electron chi connectivity index (χ4n) is 3.27. The average molecular weight is 425 g/mol. The van der Waals surface area contributed by atoms with E-state index in [9.17, 15) is 14.4 Å². The van der Waals surface area contributed by atoms with Crippen molar-refractivity contribution in [2.45, 2.75) is 47.1 Å². The molecule has 4 amide bonds. The van der Waals surface area contributed by atoms with Gasteiger partial charge in [0.25, 0.3) is 0 Å². The number of hydrogen-bond donors (Lipinski definition) is 3. The Morgan fingerprint density at radius 1 is 0.935 bits per heavy atom. The number of anilines is 2. The van der Waals surface area contributed by atoms with Crippen molar-refractivity contribution in [3.63, 3.8) is 0 Å². The zero-order valence-corrected chi connectivity index (χ0v) is 18.9. The zero-order valence-electron chi connectivity index (χ0n) is 18.9. The average Bonchev–Trinajstić information content (AvgIpc) is 2.71. The molecule has 0 bridgehead atoms. The summed E-state index contributed by atoms with van der Waals surface area (Å²) >= 11 is 0. The van der Waals surface area contributed by atoms with Crippen LogP contribution in [0.5, 0.6) is 0 Å². The summed E-state index contributed by atoms with van der Waals surface area (Å²) in [6, 6.07) is 11.9. The standard InChI is InChI=1S/C24H32N4O3/c1-6-13-28(15-22(29)25-20-10-8-7-9-17(20)3)19(5)23(30)27-24(31)26-21-12-11-16(2)14-18(21)4/h7-12,14,19H,6,13,15H2,1-5H3,(H,25,29)(H2,26,27,30,31). The Morgan fingerprint density at radius 2 is 1.61 bits per heavy atom. The van der Waals surface area contributed by atoms with Gasteiger partial charge in [0, 0.05) is 11.4 Å². The lowest BCUT2D eigenvalue weighted by Crippen LogP contribution is -2.50. The van der Waals surface area contributed by atoms with Gasteiger partial charge in [0.2, 0.25) is 11.8 Å². The highest BCUT2D eigenvalue weighted by atomic mass is 16.2. The highest BCUT2D eigenvalue weighted by Crippen LogP contribution is 2.16. The van der Waals surface area contributed by atoms with Gasteiger partial charge in [0.1, 0.15) is 0 Å². The van der Waals surface area contributed by atoms with Crippen LogP contribution in [-0.2, 0) is 9.59 Å². The number of nitrogens with one attached hydrogen (secondary N) is 3. The van der Waals surface area contributed by atoms with Gasteiger partial charge in [0.15, 0.2) is 0 Å². The minimum absolute atomic E-state index is 0.0510. The van der Waals surface area contributed by atoms with Gasteiger partial charge in [-0.05, 0) is 63.9 Å². The third kappa shape index (κ3) is 7.22. The molecule has 0 saturated carbocycles. The molecule has 2 rings (SSSR count). The molecule has 3 N–H and O–H groups in total. The van der Waals surface area contributed by atoms with Crippen LogP contribution in [0.25, 0.3) is 0 Å². The molecule has 0 aliphatic rings. The van der Waals surface area contributed by atoms with Gasteiger partial charge < -0.3 is 10.6 Å². The monoisotopic (exact) mass is 424 g/mol. The molecule has 31 heavy (non-hydrogen) atoms. The van der Waals surface area contributed by atoms with E-state index in [0.717, 1.165) is 28.8 Å². The Morgan fingerprint density at radius 3 is 2.26 bits per heavy atom. The number of imide groups is 1. The Bertz CT molecular complexity index is 942. The van der Waals surface area contributed by atoms with Crippen molar-refractivity contribution in [1.29, 1.82) is 0 Å². The lowest BCUT2D eigenvalue weighted by molar-refractivity contribution is -0.126. The highest BCUT2D eigenvalue weighted by Gasteiger charge is 2.24. The van der Waals surface area contributed by atoms with Crippen molar-refractivity contribution >= 4 is 29.2 Å². The third-order valence-corrected chi connectivity index (χ3v) is 5.07. The molecular formula is C24H32N4O3. The summed E-state index contributed by atoms with van der Waals surface area (Å²) in [5.74, 6) is -0.665. The number of benzene rings is 2. The number of carbonyl (C=O) groups excluding carboxylic acids is 3. The van der Waals surface area contributed by atoms with Gasteiger partial charge in [0.05, 0.1) is 12.6 Å². The first-order valence-corrected chi connectivity index (χ1v) is 10.5. The van der Waals surface area contributed by atoms with E-state index in [0.29, 0.717) is 12.2 Å². The topological polar surface area (TPSA) is 90.5 Å². The zero-order chi connectivity index (χ0) is 23.0. The summed E-state index contributed by atoms with van der Waals surface area (Å²) in [5.41, 5.74) is 4.36. The first-order valence-electron chi connectivity index (χ1n) is 10.5. The van der Waals surface area contributed by atoms with Crippen molar-refractivity contribution in [3.8, 4) is 0 Å². The lowest BCUT2D eigenvalue weighted by atomic mass is 10.1. The molecule has 0 saturated heterocycles. The fraction of sp³-hybridized carbons (Fsp3) is 0.375. The molecule has 0 radical (unpaired) electrons. The van der Waals surface area contributed by atoms with Crippen LogP contribution in [-0.4, -0.2) is 41.9 Å². The molecule has 1 atom stereocenters.